The number of hydrogen-bond donors (Lipinski definition) is 2. The van der Waals surface area contributed by atoms with E-state index in [-0.39, 0.29) is 0 Å². The molecule has 0 saturated carbocycles. The Morgan fingerprint density at radius 2 is 1.91 bits per heavy atom. The van der Waals surface area contributed by atoms with Gasteiger partial charge in [-0.25, -0.2) is 4.98 Å². The summed E-state index contributed by atoms with van der Waals surface area (Å²) in [5, 5.41) is 6.70. The number of hydrazone groups is 1. The first kappa shape index (κ1) is 14.3. The third kappa shape index (κ3) is 3.32. The van der Waals surface area contributed by atoms with E-state index >= 15 is 0 Å². The molecule has 1 heterocycles. The molecule has 0 aliphatic carbocycles. The quantitative estimate of drug-likeness (QED) is 0.562. The van der Waals surface area contributed by atoms with Gasteiger partial charge < -0.3 is 5.73 Å². The molecule has 2 aromatic carbocycles. The number of aromatic nitrogens is 1. The van der Waals surface area contributed by atoms with Gasteiger partial charge in [0.2, 0.25) is 5.13 Å². The molecule has 0 spiro atoms. The van der Waals surface area contributed by atoms with Crippen molar-refractivity contribution in [1.82, 2.24) is 4.98 Å². The van der Waals surface area contributed by atoms with Gasteiger partial charge in [-0.1, -0.05) is 54.1 Å². The minimum absolute atomic E-state index is 0.503. The fraction of sp³-hybridized carbons (Fsp3) is 0.0588. The zero-order chi connectivity index (χ0) is 15.4. The molecule has 0 amide bonds. The highest BCUT2D eigenvalue weighted by atomic mass is 32.1. The van der Waals surface area contributed by atoms with Gasteiger partial charge in [0.05, 0.1) is 6.21 Å². The zero-order valence-corrected chi connectivity index (χ0v) is 13.0. The number of nitrogens with one attached hydrogen (secondary N) is 1. The summed E-state index contributed by atoms with van der Waals surface area (Å²) < 4.78 is 0. The highest BCUT2D eigenvalue weighted by Crippen LogP contribution is 2.23. The Kier molecular flexibility index (Phi) is 4.16. The van der Waals surface area contributed by atoms with Crippen LogP contribution in [-0.2, 0) is 0 Å². The topological polar surface area (TPSA) is 63.3 Å². The second-order valence-electron chi connectivity index (χ2n) is 4.90. The Hall–Kier alpha value is -2.66. The summed E-state index contributed by atoms with van der Waals surface area (Å²) in [7, 11) is 0. The first-order valence-electron chi connectivity index (χ1n) is 6.88. The van der Waals surface area contributed by atoms with Gasteiger partial charge >= 0.3 is 0 Å². The monoisotopic (exact) mass is 308 g/mol. The fourth-order valence-corrected chi connectivity index (χ4v) is 2.65. The number of hydrogen-bond acceptors (Lipinski definition) is 5. The number of benzene rings is 2. The maximum atomic E-state index is 5.58. The molecule has 0 aliphatic rings. The van der Waals surface area contributed by atoms with Crippen LogP contribution in [0, 0.1) is 6.92 Å². The number of nitrogen functional groups attached to an aromatic ring is 1. The van der Waals surface area contributed by atoms with E-state index in [0.29, 0.717) is 10.9 Å². The van der Waals surface area contributed by atoms with Crippen molar-refractivity contribution in [3.05, 3.63) is 65.0 Å². The molecule has 0 bridgehead atoms. The van der Waals surface area contributed by atoms with Crippen molar-refractivity contribution in [2.24, 2.45) is 5.10 Å². The van der Waals surface area contributed by atoms with E-state index in [1.807, 2.05) is 18.2 Å². The number of nitrogens with zero attached hydrogens (tertiary/aromatic N) is 2. The van der Waals surface area contributed by atoms with Crippen LogP contribution in [0.2, 0.25) is 0 Å². The van der Waals surface area contributed by atoms with Gasteiger partial charge in [0, 0.05) is 10.9 Å². The number of aryl methyl sites for hydroxylation is 1. The van der Waals surface area contributed by atoms with Gasteiger partial charge in [-0.05, 0) is 18.1 Å². The third-order valence-corrected chi connectivity index (χ3v) is 3.97. The van der Waals surface area contributed by atoms with Gasteiger partial charge in [0.25, 0.3) is 0 Å². The normalized spacial score (nSPS) is 11.0. The van der Waals surface area contributed by atoms with E-state index < -0.39 is 0 Å². The molecule has 0 unspecified atom stereocenters. The lowest BCUT2D eigenvalue weighted by Gasteiger charge is -2.06. The predicted octanol–water partition coefficient (Wildman–Crippen LogP) is 4.15. The second-order valence-corrected chi connectivity index (χ2v) is 5.76. The van der Waals surface area contributed by atoms with Gasteiger partial charge in [0.1, 0.15) is 5.82 Å². The number of thiazole rings is 1. The standard InChI is InChI=1S/C17H16N4S/c1-12-6-8-13(9-7-12)15-5-3-2-4-14(15)10-19-21-17-20-16(18)11-22-17/h2-11H,18H2,1H3,(H,20,21). The Labute approximate surface area is 133 Å². The Bertz CT molecular complexity index is 790. The fourth-order valence-electron chi connectivity index (χ4n) is 2.10. The molecule has 22 heavy (non-hydrogen) atoms. The third-order valence-electron chi connectivity index (χ3n) is 3.21. The number of rotatable bonds is 4. The smallest absolute Gasteiger partial charge is 0.205 e. The number of anilines is 2. The van der Waals surface area contributed by atoms with E-state index in [0.717, 1.165) is 11.1 Å². The maximum absolute atomic E-state index is 5.58. The minimum Gasteiger partial charge on any atom is -0.383 e. The van der Waals surface area contributed by atoms with Crippen LogP contribution in [0.15, 0.2) is 59.0 Å². The molecule has 0 saturated heterocycles. The van der Waals surface area contributed by atoms with E-state index in [1.165, 1.54) is 22.5 Å². The predicted molar refractivity (Wildman–Crippen MR) is 94.4 cm³/mol. The summed E-state index contributed by atoms with van der Waals surface area (Å²) in [4.78, 5) is 4.10. The first-order chi connectivity index (χ1) is 10.7. The van der Waals surface area contributed by atoms with E-state index in [1.54, 1.807) is 11.6 Å². The van der Waals surface area contributed by atoms with E-state index in [4.69, 9.17) is 5.73 Å². The van der Waals surface area contributed by atoms with E-state index in [9.17, 15) is 0 Å². The molecule has 0 fully saturated rings. The van der Waals surface area contributed by atoms with Crippen molar-refractivity contribution in [3.8, 4) is 11.1 Å². The van der Waals surface area contributed by atoms with Crippen molar-refractivity contribution >= 4 is 28.5 Å². The molecule has 3 N–H and O–H groups in total. The average Bonchev–Trinajstić information content (AvgIpc) is 2.94. The Balaban J connectivity index is 1.83. The van der Waals surface area contributed by atoms with Gasteiger partial charge in [-0.2, -0.15) is 5.10 Å². The molecule has 1 aromatic heterocycles. The molecule has 4 nitrogen and oxygen atoms in total. The second kappa shape index (κ2) is 6.41. The zero-order valence-electron chi connectivity index (χ0n) is 12.2. The maximum Gasteiger partial charge on any atom is 0.205 e. The lowest BCUT2D eigenvalue weighted by Crippen LogP contribution is -1.93. The summed E-state index contributed by atoms with van der Waals surface area (Å²) in [6, 6.07) is 16.6. The molecule has 3 rings (SSSR count). The molecular formula is C17H16N4S. The molecule has 3 aromatic rings. The van der Waals surface area contributed by atoms with Gasteiger partial charge in [-0.15, -0.1) is 11.3 Å². The summed E-state index contributed by atoms with van der Waals surface area (Å²) in [6.07, 6.45) is 1.80. The molecule has 5 heteroatoms. The lowest BCUT2D eigenvalue weighted by molar-refractivity contribution is 1.29. The molecule has 0 atom stereocenters. The Morgan fingerprint density at radius 1 is 1.14 bits per heavy atom. The van der Waals surface area contributed by atoms with E-state index in [2.05, 4.69) is 52.8 Å². The highest BCUT2D eigenvalue weighted by Gasteiger charge is 2.02. The van der Waals surface area contributed by atoms with Crippen LogP contribution < -0.4 is 11.2 Å². The van der Waals surface area contributed by atoms with Crippen LogP contribution in [0.1, 0.15) is 11.1 Å². The Morgan fingerprint density at radius 3 is 2.64 bits per heavy atom. The summed E-state index contributed by atoms with van der Waals surface area (Å²) in [5.41, 5.74) is 13.1. The minimum atomic E-state index is 0.503. The average molecular weight is 308 g/mol. The van der Waals surface area contributed by atoms with Crippen molar-refractivity contribution in [2.45, 2.75) is 6.92 Å². The van der Waals surface area contributed by atoms with Crippen LogP contribution in [0.4, 0.5) is 10.9 Å². The van der Waals surface area contributed by atoms with Gasteiger partial charge in [-0.3, -0.25) is 5.43 Å². The number of nitrogens with two attached hydrogens (primary N) is 1. The van der Waals surface area contributed by atoms with Crippen LogP contribution in [0.25, 0.3) is 11.1 Å². The largest absolute Gasteiger partial charge is 0.383 e. The molecule has 0 aliphatic heterocycles. The first-order valence-corrected chi connectivity index (χ1v) is 7.76. The summed E-state index contributed by atoms with van der Waals surface area (Å²) in [6.45, 7) is 2.08. The van der Waals surface area contributed by atoms with Gasteiger partial charge in [0.15, 0.2) is 0 Å². The summed E-state index contributed by atoms with van der Waals surface area (Å²) >= 11 is 1.43. The van der Waals surface area contributed by atoms with Crippen molar-refractivity contribution in [2.75, 3.05) is 11.2 Å². The molecule has 110 valence electrons. The molecule has 0 radical (unpaired) electrons. The van der Waals surface area contributed by atoms with Crippen LogP contribution in [0.3, 0.4) is 0 Å². The van der Waals surface area contributed by atoms with Crippen molar-refractivity contribution < 1.29 is 0 Å². The van der Waals surface area contributed by atoms with Crippen LogP contribution in [-0.4, -0.2) is 11.2 Å². The van der Waals surface area contributed by atoms with Crippen molar-refractivity contribution in [3.63, 3.8) is 0 Å². The SMILES string of the molecule is Cc1ccc(-c2ccccc2C=NNc2nc(N)cs2)cc1. The highest BCUT2D eigenvalue weighted by molar-refractivity contribution is 7.14. The lowest BCUT2D eigenvalue weighted by atomic mass is 9.99. The van der Waals surface area contributed by atoms with Crippen LogP contribution in [0.5, 0.6) is 0 Å². The summed E-state index contributed by atoms with van der Waals surface area (Å²) in [5.74, 6) is 0.503. The van der Waals surface area contributed by atoms with Crippen LogP contribution >= 0.6 is 11.3 Å². The van der Waals surface area contributed by atoms with Crippen molar-refractivity contribution in [1.29, 1.82) is 0 Å². The molecular weight excluding hydrogens is 292 g/mol.